The van der Waals surface area contributed by atoms with E-state index in [0.29, 0.717) is 25.1 Å². The number of sulfonamides is 1. The van der Waals surface area contributed by atoms with Gasteiger partial charge in [0, 0.05) is 25.7 Å². The molecule has 7 heteroatoms. The zero-order valence-corrected chi connectivity index (χ0v) is 15.5. The van der Waals surface area contributed by atoms with Gasteiger partial charge in [-0.3, -0.25) is 4.90 Å². The molecule has 0 radical (unpaired) electrons. The third kappa shape index (κ3) is 3.90. The Bertz CT molecular complexity index is 503. The van der Waals surface area contributed by atoms with Gasteiger partial charge in [-0.25, -0.2) is 8.42 Å². The maximum Gasteiger partial charge on any atom is 0.216 e. The predicted molar refractivity (Wildman–Crippen MR) is 91.0 cm³/mol. The maximum absolute atomic E-state index is 12.6. The molecular weight excluding hydrogens is 314 g/mol. The molecule has 3 saturated heterocycles. The molecule has 0 amide bonds. The first-order valence-corrected chi connectivity index (χ1v) is 10.5. The van der Waals surface area contributed by atoms with Crippen LogP contribution in [0.25, 0.3) is 0 Å². The van der Waals surface area contributed by atoms with Crippen molar-refractivity contribution in [3.05, 3.63) is 0 Å². The third-order valence-electron chi connectivity index (χ3n) is 5.42. The van der Waals surface area contributed by atoms with Gasteiger partial charge < -0.3 is 9.64 Å². The fourth-order valence-electron chi connectivity index (χ4n) is 4.12. The van der Waals surface area contributed by atoms with Gasteiger partial charge in [-0.2, -0.15) is 4.31 Å². The number of piperidine rings is 1. The van der Waals surface area contributed by atoms with E-state index in [0.717, 1.165) is 26.2 Å². The first-order valence-electron chi connectivity index (χ1n) is 8.90. The summed E-state index contributed by atoms with van der Waals surface area (Å²) in [6.07, 6.45) is 2.38. The minimum atomic E-state index is -3.20. The second kappa shape index (κ2) is 6.96. The van der Waals surface area contributed by atoms with Gasteiger partial charge in [-0.15, -0.1) is 0 Å². The van der Waals surface area contributed by atoms with Crippen LogP contribution in [0.15, 0.2) is 0 Å². The molecule has 3 aliphatic heterocycles. The first-order chi connectivity index (χ1) is 10.9. The highest BCUT2D eigenvalue weighted by atomic mass is 32.2. The summed E-state index contributed by atoms with van der Waals surface area (Å²) in [6, 6.07) is 0.565. The van der Waals surface area contributed by atoms with Gasteiger partial charge in [-0.1, -0.05) is 13.8 Å². The van der Waals surface area contributed by atoms with Crippen molar-refractivity contribution in [2.24, 2.45) is 5.92 Å². The Morgan fingerprint density at radius 2 is 1.87 bits per heavy atom. The largest absolute Gasteiger partial charge is 0.374 e. The lowest BCUT2D eigenvalue weighted by atomic mass is 10.0. The Hall–Kier alpha value is -0.210. The van der Waals surface area contributed by atoms with Crippen LogP contribution in [0.5, 0.6) is 0 Å². The van der Waals surface area contributed by atoms with E-state index in [1.54, 1.807) is 4.31 Å². The van der Waals surface area contributed by atoms with E-state index in [1.807, 2.05) is 0 Å². The minimum Gasteiger partial charge on any atom is -0.374 e. The quantitative estimate of drug-likeness (QED) is 0.743. The van der Waals surface area contributed by atoms with Crippen molar-refractivity contribution < 1.29 is 13.2 Å². The number of hydrogen-bond donors (Lipinski definition) is 0. The van der Waals surface area contributed by atoms with Crippen LogP contribution >= 0.6 is 0 Å². The monoisotopic (exact) mass is 345 g/mol. The summed E-state index contributed by atoms with van der Waals surface area (Å²) in [4.78, 5) is 4.85. The Labute approximate surface area is 140 Å². The molecule has 0 saturated carbocycles. The minimum absolute atomic E-state index is 0.00967. The average molecular weight is 346 g/mol. The molecule has 0 aromatic carbocycles. The molecule has 23 heavy (non-hydrogen) atoms. The smallest absolute Gasteiger partial charge is 0.216 e. The van der Waals surface area contributed by atoms with Gasteiger partial charge in [0.05, 0.1) is 24.5 Å². The normalized spacial score (nSPS) is 34.6. The summed E-state index contributed by atoms with van der Waals surface area (Å²) >= 11 is 0. The standard InChI is InChI=1S/C16H31N3O3S/c1-13(2)10-19-15-11-18(14-4-6-17(3)7-5-14)12-16(15)22-8-9-23(19,20)21/h13-16H,4-12H2,1-3H3/t15-,16+/m1/s1. The number of hydrogen-bond acceptors (Lipinski definition) is 5. The summed E-state index contributed by atoms with van der Waals surface area (Å²) in [5.41, 5.74) is 0. The summed E-state index contributed by atoms with van der Waals surface area (Å²) in [6.45, 7) is 9.07. The fraction of sp³-hybridized carbons (Fsp3) is 1.00. The lowest BCUT2D eigenvalue weighted by Gasteiger charge is -2.35. The Morgan fingerprint density at radius 1 is 1.17 bits per heavy atom. The number of ether oxygens (including phenoxy) is 1. The van der Waals surface area contributed by atoms with Crippen molar-refractivity contribution in [1.29, 1.82) is 0 Å². The molecule has 0 spiro atoms. The number of likely N-dealkylation sites (tertiary alicyclic amines) is 2. The molecule has 134 valence electrons. The highest BCUT2D eigenvalue weighted by molar-refractivity contribution is 7.89. The molecule has 0 bridgehead atoms. The van der Waals surface area contributed by atoms with Crippen molar-refractivity contribution in [2.45, 2.75) is 44.9 Å². The second-order valence-electron chi connectivity index (χ2n) is 7.74. The van der Waals surface area contributed by atoms with E-state index in [9.17, 15) is 8.42 Å². The second-order valence-corrected chi connectivity index (χ2v) is 9.79. The lowest BCUT2D eigenvalue weighted by molar-refractivity contribution is 0.0417. The number of fused-ring (bicyclic) bond motifs is 1. The highest BCUT2D eigenvalue weighted by Crippen LogP contribution is 2.29. The van der Waals surface area contributed by atoms with Crippen LogP contribution in [0.4, 0.5) is 0 Å². The van der Waals surface area contributed by atoms with Crippen molar-refractivity contribution in [3.63, 3.8) is 0 Å². The number of rotatable bonds is 3. The average Bonchev–Trinajstić information content (AvgIpc) is 2.84. The maximum atomic E-state index is 12.6. The van der Waals surface area contributed by atoms with Crippen molar-refractivity contribution in [3.8, 4) is 0 Å². The van der Waals surface area contributed by atoms with E-state index in [-0.39, 0.29) is 17.9 Å². The van der Waals surface area contributed by atoms with Crippen LogP contribution < -0.4 is 0 Å². The summed E-state index contributed by atoms with van der Waals surface area (Å²) in [5, 5.41) is 0. The highest BCUT2D eigenvalue weighted by Gasteiger charge is 2.46. The van der Waals surface area contributed by atoms with E-state index >= 15 is 0 Å². The third-order valence-corrected chi connectivity index (χ3v) is 7.23. The molecule has 2 atom stereocenters. The zero-order chi connectivity index (χ0) is 16.6. The van der Waals surface area contributed by atoms with Crippen molar-refractivity contribution in [2.75, 3.05) is 52.1 Å². The van der Waals surface area contributed by atoms with Gasteiger partial charge in [0.25, 0.3) is 0 Å². The van der Waals surface area contributed by atoms with Crippen LogP contribution in [0.2, 0.25) is 0 Å². The molecular formula is C16H31N3O3S. The molecule has 3 fully saturated rings. The first kappa shape index (κ1) is 17.6. The number of nitrogens with zero attached hydrogens (tertiary/aromatic N) is 3. The molecule has 6 nitrogen and oxygen atoms in total. The summed E-state index contributed by atoms with van der Waals surface area (Å²) in [7, 11) is -1.03. The van der Waals surface area contributed by atoms with Gasteiger partial charge in [0.15, 0.2) is 0 Å². The molecule has 3 aliphatic rings. The molecule has 0 aliphatic carbocycles. The predicted octanol–water partition coefficient (Wildman–Crippen LogP) is 0.451. The Kier molecular flexibility index (Phi) is 5.33. The SMILES string of the molecule is CC(C)CN1[C@@H]2CN(C3CCN(C)CC3)C[C@@H]2OCCS1(=O)=O. The lowest BCUT2D eigenvalue weighted by Crippen LogP contribution is -2.48. The van der Waals surface area contributed by atoms with E-state index < -0.39 is 10.0 Å². The molecule has 0 N–H and O–H groups in total. The molecule has 0 aromatic rings. The van der Waals surface area contributed by atoms with E-state index in [1.165, 1.54) is 12.8 Å². The van der Waals surface area contributed by atoms with Crippen LogP contribution in [0.1, 0.15) is 26.7 Å². The van der Waals surface area contributed by atoms with Crippen molar-refractivity contribution in [1.82, 2.24) is 14.1 Å². The Balaban J connectivity index is 1.74. The zero-order valence-electron chi connectivity index (χ0n) is 14.6. The van der Waals surface area contributed by atoms with E-state index in [4.69, 9.17) is 4.74 Å². The molecule has 0 unspecified atom stereocenters. The van der Waals surface area contributed by atoms with Crippen molar-refractivity contribution >= 4 is 10.0 Å². The fourth-order valence-corrected chi connectivity index (χ4v) is 5.80. The van der Waals surface area contributed by atoms with E-state index in [2.05, 4.69) is 30.7 Å². The molecule has 0 aromatic heterocycles. The van der Waals surface area contributed by atoms with Gasteiger partial charge in [-0.05, 0) is 38.9 Å². The molecule has 3 rings (SSSR count). The Morgan fingerprint density at radius 3 is 2.52 bits per heavy atom. The van der Waals surface area contributed by atoms with Crippen LogP contribution in [0, 0.1) is 5.92 Å². The van der Waals surface area contributed by atoms with Crippen LogP contribution in [-0.4, -0.2) is 92.8 Å². The molecule has 3 heterocycles. The van der Waals surface area contributed by atoms with Gasteiger partial charge in [0.1, 0.15) is 0 Å². The topological polar surface area (TPSA) is 53.1 Å². The van der Waals surface area contributed by atoms with Gasteiger partial charge >= 0.3 is 0 Å². The summed E-state index contributed by atoms with van der Waals surface area (Å²) < 4.78 is 33.0. The van der Waals surface area contributed by atoms with Gasteiger partial charge in [0.2, 0.25) is 10.0 Å². The van der Waals surface area contributed by atoms with Crippen LogP contribution in [0.3, 0.4) is 0 Å². The summed E-state index contributed by atoms with van der Waals surface area (Å²) in [5.74, 6) is 0.460. The van der Waals surface area contributed by atoms with Crippen LogP contribution in [-0.2, 0) is 14.8 Å².